The van der Waals surface area contributed by atoms with E-state index >= 15 is 0 Å². The van der Waals surface area contributed by atoms with Crippen LogP contribution in [0.15, 0.2) is 29.2 Å². The van der Waals surface area contributed by atoms with Crippen molar-refractivity contribution in [2.24, 2.45) is 0 Å². The molecule has 0 aromatic heterocycles. The van der Waals surface area contributed by atoms with Crippen molar-refractivity contribution in [1.82, 2.24) is 9.62 Å². The summed E-state index contributed by atoms with van der Waals surface area (Å²) in [5.41, 5.74) is 5.97. The summed E-state index contributed by atoms with van der Waals surface area (Å²) in [6, 6.07) is 6.05. The summed E-state index contributed by atoms with van der Waals surface area (Å²) >= 11 is 0. The van der Waals surface area contributed by atoms with Gasteiger partial charge < -0.3 is 11.1 Å². The van der Waals surface area contributed by atoms with Crippen LogP contribution in [-0.2, 0) is 14.8 Å². The zero-order chi connectivity index (χ0) is 14.5. The molecule has 6 nitrogen and oxygen atoms in total. The molecule has 1 rings (SSSR count). The summed E-state index contributed by atoms with van der Waals surface area (Å²) in [7, 11) is -2.23. The Hall–Kier alpha value is -1.60. The van der Waals surface area contributed by atoms with Crippen LogP contribution in [-0.4, -0.2) is 38.8 Å². The molecule has 0 heterocycles. The molecule has 1 aromatic carbocycles. The lowest BCUT2D eigenvalue weighted by atomic mass is 10.3. The van der Waals surface area contributed by atoms with Gasteiger partial charge in [-0.2, -0.15) is 4.31 Å². The van der Waals surface area contributed by atoms with Crippen LogP contribution in [0.4, 0.5) is 5.69 Å². The maximum absolute atomic E-state index is 12.4. The molecular formula is C12H19N3O3S. The summed E-state index contributed by atoms with van der Waals surface area (Å²) in [4.78, 5) is 11.5. The molecule has 7 heteroatoms. The van der Waals surface area contributed by atoms with Crippen molar-refractivity contribution in [3.63, 3.8) is 0 Å². The molecule has 0 aliphatic rings. The van der Waals surface area contributed by atoms with Gasteiger partial charge in [-0.1, -0.05) is 13.0 Å². The zero-order valence-electron chi connectivity index (χ0n) is 11.1. The lowest BCUT2D eigenvalue weighted by Crippen LogP contribution is -2.40. The molecule has 1 aromatic rings. The number of nitrogens with one attached hydrogen (secondary N) is 1. The number of hydrogen-bond donors (Lipinski definition) is 2. The fraction of sp³-hybridized carbons (Fsp3) is 0.417. The second kappa shape index (κ2) is 6.53. The highest BCUT2D eigenvalue weighted by atomic mass is 32.2. The normalized spacial score (nSPS) is 11.5. The molecule has 0 aliphatic carbocycles. The van der Waals surface area contributed by atoms with Gasteiger partial charge in [0.15, 0.2) is 0 Å². The van der Waals surface area contributed by atoms with Gasteiger partial charge in [0, 0.05) is 19.3 Å². The molecular weight excluding hydrogens is 266 g/mol. The molecule has 0 bridgehead atoms. The summed E-state index contributed by atoms with van der Waals surface area (Å²) in [6.07, 6.45) is 0.624. The van der Waals surface area contributed by atoms with Gasteiger partial charge in [-0.25, -0.2) is 8.42 Å². The highest BCUT2D eigenvalue weighted by Gasteiger charge is 2.25. The Bertz CT molecular complexity index is 543. The van der Waals surface area contributed by atoms with E-state index < -0.39 is 10.0 Å². The average Bonchev–Trinajstić information content (AvgIpc) is 2.38. The second-order valence-corrected chi connectivity index (χ2v) is 6.02. The second-order valence-electron chi connectivity index (χ2n) is 4.08. The number of hydrogen-bond acceptors (Lipinski definition) is 4. The number of nitrogens with two attached hydrogens (primary N) is 1. The van der Waals surface area contributed by atoms with Crippen molar-refractivity contribution in [3.05, 3.63) is 24.3 Å². The van der Waals surface area contributed by atoms with Gasteiger partial charge in [-0.15, -0.1) is 0 Å². The Morgan fingerprint density at radius 1 is 1.42 bits per heavy atom. The Morgan fingerprint density at radius 3 is 2.63 bits per heavy atom. The Morgan fingerprint density at radius 2 is 2.11 bits per heavy atom. The third kappa shape index (κ3) is 3.93. The molecule has 0 spiro atoms. The quantitative estimate of drug-likeness (QED) is 0.741. The number of rotatable bonds is 6. The lowest BCUT2D eigenvalue weighted by Gasteiger charge is -2.20. The minimum Gasteiger partial charge on any atom is -0.399 e. The van der Waals surface area contributed by atoms with Crippen LogP contribution in [0, 0.1) is 0 Å². The van der Waals surface area contributed by atoms with Crippen LogP contribution in [0.1, 0.15) is 13.3 Å². The van der Waals surface area contributed by atoms with Gasteiger partial charge in [0.1, 0.15) is 0 Å². The Kier molecular flexibility index (Phi) is 5.31. The third-order valence-corrected chi connectivity index (χ3v) is 4.41. The minimum atomic E-state index is -3.70. The summed E-state index contributed by atoms with van der Waals surface area (Å²) in [5.74, 6) is -0.346. The Labute approximate surface area is 113 Å². The van der Waals surface area contributed by atoms with Crippen molar-refractivity contribution in [2.45, 2.75) is 18.2 Å². The number of amides is 1. The molecule has 0 fully saturated rings. The first-order chi connectivity index (χ1) is 8.91. The van der Waals surface area contributed by atoms with Gasteiger partial charge in [-0.05, 0) is 24.6 Å². The molecule has 0 aliphatic heterocycles. The van der Waals surface area contributed by atoms with Crippen molar-refractivity contribution in [1.29, 1.82) is 0 Å². The number of nitrogens with zero attached hydrogens (tertiary/aromatic N) is 1. The average molecular weight is 285 g/mol. The summed E-state index contributed by atoms with van der Waals surface area (Å²) < 4.78 is 26.0. The number of nitrogen functional groups attached to an aromatic ring is 1. The summed E-state index contributed by atoms with van der Waals surface area (Å²) in [5, 5.41) is 2.42. The smallest absolute Gasteiger partial charge is 0.243 e. The van der Waals surface area contributed by atoms with E-state index in [0.717, 1.165) is 4.31 Å². The monoisotopic (exact) mass is 285 g/mol. The number of sulfonamides is 1. The SMILES string of the molecule is CCCN(CC(=O)NC)S(=O)(=O)c1cccc(N)c1. The van der Waals surface area contributed by atoms with Gasteiger partial charge in [0.05, 0.1) is 11.4 Å². The van der Waals surface area contributed by atoms with E-state index in [1.165, 1.54) is 19.2 Å². The maximum atomic E-state index is 12.4. The number of benzene rings is 1. The molecule has 19 heavy (non-hydrogen) atoms. The predicted octanol–water partition coefficient (Wildman–Crippen LogP) is 0.416. The number of carbonyl (C=O) groups is 1. The first kappa shape index (κ1) is 15.5. The molecule has 0 saturated carbocycles. The van der Waals surface area contributed by atoms with Crippen molar-refractivity contribution in [3.8, 4) is 0 Å². The van der Waals surface area contributed by atoms with Crippen LogP contribution in [0.5, 0.6) is 0 Å². The highest BCUT2D eigenvalue weighted by molar-refractivity contribution is 7.89. The molecule has 0 atom stereocenters. The van der Waals surface area contributed by atoms with E-state index in [1.54, 1.807) is 12.1 Å². The highest BCUT2D eigenvalue weighted by Crippen LogP contribution is 2.18. The van der Waals surface area contributed by atoms with Crippen LogP contribution < -0.4 is 11.1 Å². The first-order valence-electron chi connectivity index (χ1n) is 5.98. The van der Waals surface area contributed by atoms with E-state index in [0.29, 0.717) is 12.1 Å². The molecule has 1 amide bonds. The maximum Gasteiger partial charge on any atom is 0.243 e. The van der Waals surface area contributed by atoms with Crippen molar-refractivity contribution >= 4 is 21.6 Å². The van der Waals surface area contributed by atoms with Crippen molar-refractivity contribution in [2.75, 3.05) is 25.9 Å². The fourth-order valence-corrected chi connectivity index (χ4v) is 3.14. The standard InChI is InChI=1S/C12H19N3O3S/c1-3-7-15(9-12(16)14-2)19(17,18)11-6-4-5-10(13)8-11/h4-6,8H,3,7,9,13H2,1-2H3,(H,14,16). The van der Waals surface area contributed by atoms with Crippen LogP contribution in [0.25, 0.3) is 0 Å². The van der Waals surface area contributed by atoms with E-state index in [4.69, 9.17) is 5.73 Å². The molecule has 106 valence electrons. The van der Waals surface area contributed by atoms with Gasteiger partial charge in [0.2, 0.25) is 15.9 Å². The molecule has 3 N–H and O–H groups in total. The molecule has 0 radical (unpaired) electrons. The largest absolute Gasteiger partial charge is 0.399 e. The van der Waals surface area contributed by atoms with Gasteiger partial charge in [0.25, 0.3) is 0 Å². The predicted molar refractivity (Wildman–Crippen MR) is 74.0 cm³/mol. The number of anilines is 1. The van der Waals surface area contributed by atoms with Gasteiger partial charge >= 0.3 is 0 Å². The first-order valence-corrected chi connectivity index (χ1v) is 7.42. The van der Waals surface area contributed by atoms with Crippen LogP contribution in [0.2, 0.25) is 0 Å². The van der Waals surface area contributed by atoms with E-state index in [1.807, 2.05) is 6.92 Å². The lowest BCUT2D eigenvalue weighted by molar-refractivity contribution is -0.120. The van der Waals surface area contributed by atoms with Crippen LogP contribution >= 0.6 is 0 Å². The van der Waals surface area contributed by atoms with E-state index in [-0.39, 0.29) is 23.9 Å². The van der Waals surface area contributed by atoms with E-state index in [9.17, 15) is 13.2 Å². The van der Waals surface area contributed by atoms with Crippen LogP contribution in [0.3, 0.4) is 0 Å². The molecule has 0 saturated heterocycles. The fourth-order valence-electron chi connectivity index (χ4n) is 1.60. The topological polar surface area (TPSA) is 92.5 Å². The van der Waals surface area contributed by atoms with Crippen molar-refractivity contribution < 1.29 is 13.2 Å². The minimum absolute atomic E-state index is 0.102. The Balaban J connectivity index is 3.09. The zero-order valence-corrected chi connectivity index (χ0v) is 11.9. The van der Waals surface area contributed by atoms with E-state index in [2.05, 4.69) is 5.32 Å². The number of likely N-dealkylation sites (N-methyl/N-ethyl adjacent to an activating group) is 1. The third-order valence-electron chi connectivity index (χ3n) is 2.57. The number of carbonyl (C=O) groups excluding carboxylic acids is 1. The molecule has 0 unspecified atom stereocenters. The van der Waals surface area contributed by atoms with Gasteiger partial charge in [-0.3, -0.25) is 4.79 Å². The summed E-state index contributed by atoms with van der Waals surface area (Å²) in [6.45, 7) is 1.94.